The molecule has 14 heteroatoms. The normalized spacial score (nSPS) is 16.0. The predicted molar refractivity (Wildman–Crippen MR) is 283 cm³/mol. The Morgan fingerprint density at radius 2 is 1.05 bits per heavy atom. The Morgan fingerprint density at radius 1 is 0.591 bits per heavy atom. The van der Waals surface area contributed by atoms with Crippen LogP contribution in [0.3, 0.4) is 0 Å². The van der Waals surface area contributed by atoms with Crippen LogP contribution in [0.1, 0.15) is 87.1 Å². The quantitative estimate of drug-likeness (QED) is 0.0509. The molecule has 0 atom stereocenters. The molecule has 354 valence electrons. The van der Waals surface area contributed by atoms with Gasteiger partial charge in [-0.15, -0.1) is 0 Å². The molecule has 2 heterocycles. The van der Waals surface area contributed by atoms with Crippen LogP contribution < -0.4 is 21.3 Å². The van der Waals surface area contributed by atoms with E-state index in [1.165, 1.54) is 106 Å². The summed E-state index contributed by atoms with van der Waals surface area (Å²) < 4.78 is 7.39. The number of fused-ring (bicyclic) bond motifs is 2. The summed E-state index contributed by atoms with van der Waals surface area (Å²) in [5.41, 5.74) is 21.6. The van der Waals surface area contributed by atoms with E-state index in [2.05, 4.69) is 119 Å². The van der Waals surface area contributed by atoms with Crippen molar-refractivity contribution in [3.8, 4) is 0 Å². The average molecular weight is 1070 g/mol. The Morgan fingerprint density at radius 3 is 1.52 bits per heavy atom. The Labute approximate surface area is 405 Å². The maximum atomic E-state index is 11.1. The third-order valence-corrected chi connectivity index (χ3v) is 30.4. The first-order valence-corrected chi connectivity index (χ1v) is 32.3. The van der Waals surface area contributed by atoms with E-state index >= 15 is 0 Å². The first-order valence-electron chi connectivity index (χ1n) is 24.0. The third kappa shape index (κ3) is 13.2. The molecule has 0 spiro atoms. The fourth-order valence-corrected chi connectivity index (χ4v) is 26.7. The maximum absolute atomic E-state index is 11.1. The van der Waals surface area contributed by atoms with Gasteiger partial charge >= 0.3 is 185 Å². The third-order valence-electron chi connectivity index (χ3n) is 13.9. The molecule has 4 aromatic carbocycles. The van der Waals surface area contributed by atoms with Crippen LogP contribution in [0.15, 0.2) is 80.9 Å². The largest absolute Gasteiger partial charge is 0.393 e. The molecule has 2 aliphatic carbocycles. The number of rotatable bonds is 15. The molecule has 12 nitrogen and oxygen atoms in total. The number of nitro groups is 2. The summed E-state index contributed by atoms with van der Waals surface area (Å²) in [5, 5.41) is 21.4. The van der Waals surface area contributed by atoms with E-state index < -0.39 is 28.2 Å². The molecule has 0 bridgehead atoms. The van der Waals surface area contributed by atoms with Gasteiger partial charge in [0.1, 0.15) is 11.4 Å². The van der Waals surface area contributed by atoms with Gasteiger partial charge in [0.05, 0.1) is 9.85 Å². The van der Waals surface area contributed by atoms with Crippen LogP contribution in [0.4, 0.5) is 34.1 Å². The van der Waals surface area contributed by atoms with Crippen LogP contribution >= 0.6 is 15.9 Å². The second-order valence-corrected chi connectivity index (χ2v) is 33.0. The van der Waals surface area contributed by atoms with Crippen molar-refractivity contribution in [3.05, 3.63) is 129 Å². The molecule has 0 aromatic heterocycles. The molecule has 0 radical (unpaired) electrons. The molecule has 0 unspecified atom stereocenters. The Kier molecular flexibility index (Phi) is 18.6. The minimum absolute atomic E-state index is 0.0301. The number of nitro benzene ring substituents is 2. The zero-order valence-electron chi connectivity index (χ0n) is 39.9. The Balaban J connectivity index is 0.000000179. The zero-order chi connectivity index (χ0) is 47.4. The van der Waals surface area contributed by atoms with Crippen LogP contribution in [0.5, 0.6) is 0 Å². The molecular formula is C52H71BrN8O4Sn. The standard InChI is InChI=1S/C20H22N4O2.C14H17N2.C6H5BrN2O2.3C4H9.Sn/c1-22-6-8-23(9-7-22)18-4-2-14-10-16(11-17(14)12-18)15-3-5-19(21)20(13-15)24(25)26;1-15-7-9-16(10-8-15)14-6-5-12-3-2-4-13(12)11-14;7-4-1-2-5(8)6(3-4)9(10)11;3*1-3-4-2;/h2-5,10,12-13H,6-9,11,21H2,1H3;3,5-6,11H,4,7-10H2,1H3;1-3H,8H2;3*1,3-4H2,2H3;. The van der Waals surface area contributed by atoms with E-state index in [1.807, 2.05) is 9.66 Å². The van der Waals surface area contributed by atoms with Gasteiger partial charge in [-0.1, -0.05) is 34.1 Å². The van der Waals surface area contributed by atoms with Gasteiger partial charge in [0, 0.05) is 48.5 Å². The zero-order valence-corrected chi connectivity index (χ0v) is 44.3. The van der Waals surface area contributed by atoms with E-state index in [0.29, 0.717) is 4.47 Å². The van der Waals surface area contributed by atoms with Crippen molar-refractivity contribution in [2.24, 2.45) is 0 Å². The van der Waals surface area contributed by atoms with Gasteiger partial charge in [0.25, 0.3) is 11.4 Å². The van der Waals surface area contributed by atoms with Gasteiger partial charge in [0.15, 0.2) is 0 Å². The second-order valence-electron chi connectivity index (χ2n) is 18.6. The molecule has 0 saturated carbocycles. The van der Waals surface area contributed by atoms with Gasteiger partial charge in [-0.05, 0) is 66.1 Å². The molecule has 4 N–H and O–H groups in total. The van der Waals surface area contributed by atoms with Gasteiger partial charge in [-0.2, -0.15) is 0 Å². The topological polar surface area (TPSA) is 151 Å². The summed E-state index contributed by atoms with van der Waals surface area (Å²) in [6.45, 7) is 16.1. The monoisotopic (exact) mass is 1070 g/mol. The predicted octanol–water partition coefficient (Wildman–Crippen LogP) is 11.7. The van der Waals surface area contributed by atoms with Gasteiger partial charge < -0.3 is 21.3 Å². The number of nitrogens with two attached hydrogens (primary N) is 2. The van der Waals surface area contributed by atoms with Crippen molar-refractivity contribution in [1.29, 1.82) is 0 Å². The van der Waals surface area contributed by atoms with Gasteiger partial charge in [0.2, 0.25) is 0 Å². The van der Waals surface area contributed by atoms with E-state index in [4.69, 9.17) is 11.5 Å². The first kappa shape index (κ1) is 51.0. The SMILES string of the molecule is CCC[CH2][Sn]([CH2]CCC)([CH2]CCC)[C]1=Cc2ccc(N3CCN(C)CC3)cc2C1.CN1CCN(c2ccc3c(c2)CC(c2ccc(N)c([N+](=O)[O-])c2)=C3)CC1.Nc1ccc(Br)cc1[N+](=O)[O-]. The number of halogens is 1. The fourth-order valence-electron chi connectivity index (χ4n) is 9.69. The molecule has 2 aliphatic heterocycles. The molecule has 2 saturated heterocycles. The van der Waals surface area contributed by atoms with Crippen LogP contribution in [-0.2, 0) is 12.8 Å². The maximum Gasteiger partial charge on any atom is 0.293 e. The van der Waals surface area contributed by atoms with Gasteiger partial charge in [-0.25, -0.2) is 0 Å². The first-order chi connectivity index (χ1) is 31.7. The number of hydrogen-bond donors (Lipinski definition) is 2. The van der Waals surface area contributed by atoms with Crippen LogP contribution in [-0.4, -0.2) is 104 Å². The number of hydrogen-bond acceptors (Lipinski definition) is 10. The van der Waals surface area contributed by atoms with Crippen molar-refractivity contribution in [2.75, 3.05) is 87.7 Å². The van der Waals surface area contributed by atoms with Crippen LogP contribution in [0, 0.1) is 20.2 Å². The molecular weight excluding hydrogens is 999 g/mol. The average Bonchev–Trinajstić information content (AvgIpc) is 3.95. The minimum Gasteiger partial charge on any atom is -0.393 e. The van der Waals surface area contributed by atoms with Crippen LogP contribution in [0.25, 0.3) is 17.7 Å². The number of nitrogens with zero attached hydrogens (tertiary/aromatic N) is 6. The summed E-state index contributed by atoms with van der Waals surface area (Å²) in [5.74, 6) is 0. The Hall–Kier alpha value is -4.44. The molecule has 66 heavy (non-hydrogen) atoms. The van der Waals surface area contributed by atoms with E-state index in [1.54, 1.807) is 42.6 Å². The number of nitrogen functional groups attached to an aromatic ring is 2. The molecule has 0 amide bonds. The van der Waals surface area contributed by atoms with Crippen molar-refractivity contribution in [2.45, 2.75) is 85.4 Å². The number of anilines is 4. The van der Waals surface area contributed by atoms with E-state index in [9.17, 15) is 20.2 Å². The summed E-state index contributed by atoms with van der Waals surface area (Å²) in [6, 6.07) is 23.5. The van der Waals surface area contributed by atoms with Crippen molar-refractivity contribution in [3.63, 3.8) is 0 Å². The molecule has 4 aromatic rings. The van der Waals surface area contributed by atoms with Crippen molar-refractivity contribution in [1.82, 2.24) is 9.80 Å². The summed E-state index contributed by atoms with van der Waals surface area (Å²) in [4.78, 5) is 30.3. The van der Waals surface area contributed by atoms with E-state index in [-0.39, 0.29) is 22.7 Å². The number of unbranched alkanes of at least 4 members (excludes halogenated alkanes) is 3. The Bertz CT molecular complexity index is 2350. The van der Waals surface area contributed by atoms with Crippen LogP contribution in [0.2, 0.25) is 13.3 Å². The summed E-state index contributed by atoms with van der Waals surface area (Å²) >= 11 is 0.841. The molecule has 8 rings (SSSR count). The molecule has 2 fully saturated rings. The van der Waals surface area contributed by atoms with Crippen molar-refractivity contribution < 1.29 is 9.85 Å². The second kappa shape index (κ2) is 24.0. The summed E-state index contributed by atoms with van der Waals surface area (Å²) in [7, 11) is 4.40. The minimum atomic E-state index is -2.26. The number of benzene rings is 4. The number of piperazine rings is 2. The summed E-state index contributed by atoms with van der Waals surface area (Å²) in [6.07, 6.45) is 15.4. The molecule has 4 aliphatic rings. The van der Waals surface area contributed by atoms with Gasteiger partial charge in [-0.3, -0.25) is 20.2 Å². The smallest absolute Gasteiger partial charge is 0.293 e. The number of allylic oxidation sites excluding steroid dienone is 2. The fraction of sp³-hybridized carbons (Fsp3) is 0.462. The van der Waals surface area contributed by atoms with E-state index in [0.717, 1.165) is 43.7 Å². The van der Waals surface area contributed by atoms with Crippen molar-refractivity contribution >= 4 is 86.2 Å². The number of likely N-dealkylation sites (N-methyl/N-ethyl adjacent to an activating group) is 2.